The Balaban J connectivity index is 2.46. The molecular weight excluding hydrogens is 192 g/mol. The molecule has 1 N–H and O–H groups in total. The standard InChI is InChI=1S/C11H8N2O2/c14-11(15)9-3-1-2-8(4-9)10-5-12-7-13-6-10/h1-7H,(H,14,15). The van der Waals surface area contributed by atoms with Gasteiger partial charge in [-0.15, -0.1) is 0 Å². The molecule has 0 saturated carbocycles. The number of aromatic nitrogens is 2. The van der Waals surface area contributed by atoms with Crippen LogP contribution < -0.4 is 0 Å². The summed E-state index contributed by atoms with van der Waals surface area (Å²) in [7, 11) is 0. The lowest BCUT2D eigenvalue weighted by atomic mass is 10.1. The van der Waals surface area contributed by atoms with Gasteiger partial charge < -0.3 is 5.11 Å². The number of rotatable bonds is 2. The molecule has 0 radical (unpaired) electrons. The molecule has 74 valence electrons. The van der Waals surface area contributed by atoms with E-state index in [-0.39, 0.29) is 5.56 Å². The molecule has 0 atom stereocenters. The lowest BCUT2D eigenvalue weighted by Crippen LogP contribution is -1.95. The number of carboxylic acid groups (broad SMARTS) is 1. The third kappa shape index (κ3) is 1.99. The Labute approximate surface area is 86.2 Å². The number of hydrogen-bond donors (Lipinski definition) is 1. The zero-order valence-corrected chi connectivity index (χ0v) is 7.79. The van der Waals surface area contributed by atoms with Gasteiger partial charge in [0.25, 0.3) is 0 Å². The molecule has 0 aliphatic heterocycles. The van der Waals surface area contributed by atoms with Gasteiger partial charge in [0.05, 0.1) is 5.56 Å². The topological polar surface area (TPSA) is 63.1 Å². The number of carbonyl (C=O) groups is 1. The molecule has 0 saturated heterocycles. The fraction of sp³-hybridized carbons (Fsp3) is 0. The molecule has 0 aliphatic carbocycles. The molecule has 0 fully saturated rings. The van der Waals surface area contributed by atoms with E-state index in [9.17, 15) is 4.79 Å². The van der Waals surface area contributed by atoms with Crippen molar-refractivity contribution in [3.05, 3.63) is 48.5 Å². The summed E-state index contributed by atoms with van der Waals surface area (Å²) in [6, 6.07) is 6.67. The van der Waals surface area contributed by atoms with Gasteiger partial charge in [-0.2, -0.15) is 0 Å². The molecule has 0 aliphatic rings. The highest BCUT2D eigenvalue weighted by Crippen LogP contribution is 2.18. The highest BCUT2D eigenvalue weighted by atomic mass is 16.4. The Kier molecular flexibility index (Phi) is 2.41. The van der Waals surface area contributed by atoms with Crippen LogP contribution in [0.1, 0.15) is 10.4 Å². The van der Waals surface area contributed by atoms with Crippen molar-refractivity contribution in [2.45, 2.75) is 0 Å². The first-order valence-electron chi connectivity index (χ1n) is 4.36. The predicted molar refractivity (Wildman–Crippen MR) is 54.4 cm³/mol. The van der Waals surface area contributed by atoms with Gasteiger partial charge in [-0.3, -0.25) is 0 Å². The summed E-state index contributed by atoms with van der Waals surface area (Å²) in [6.45, 7) is 0. The minimum atomic E-state index is -0.936. The average molecular weight is 200 g/mol. The van der Waals surface area contributed by atoms with Gasteiger partial charge in [0.2, 0.25) is 0 Å². The summed E-state index contributed by atoms with van der Waals surface area (Å²) in [6.07, 6.45) is 4.73. The quantitative estimate of drug-likeness (QED) is 0.803. The fourth-order valence-corrected chi connectivity index (χ4v) is 1.28. The molecular formula is C11H8N2O2. The summed E-state index contributed by atoms with van der Waals surface area (Å²) in [4.78, 5) is 18.5. The summed E-state index contributed by atoms with van der Waals surface area (Å²) < 4.78 is 0. The van der Waals surface area contributed by atoms with Crippen LogP contribution in [0.2, 0.25) is 0 Å². The molecule has 4 nitrogen and oxygen atoms in total. The van der Waals surface area contributed by atoms with Gasteiger partial charge in [0.1, 0.15) is 6.33 Å². The second-order valence-corrected chi connectivity index (χ2v) is 3.01. The lowest BCUT2D eigenvalue weighted by Gasteiger charge is -2.01. The molecule has 0 bridgehead atoms. The second-order valence-electron chi connectivity index (χ2n) is 3.01. The van der Waals surface area contributed by atoms with Crippen molar-refractivity contribution in [2.75, 3.05) is 0 Å². The lowest BCUT2D eigenvalue weighted by molar-refractivity contribution is 0.0697. The number of nitrogens with zero attached hydrogens (tertiary/aromatic N) is 2. The first-order valence-corrected chi connectivity index (χ1v) is 4.36. The Morgan fingerprint density at radius 3 is 2.53 bits per heavy atom. The van der Waals surface area contributed by atoms with Gasteiger partial charge >= 0.3 is 5.97 Å². The second kappa shape index (κ2) is 3.88. The molecule has 4 heteroatoms. The third-order valence-corrected chi connectivity index (χ3v) is 2.00. The van der Waals surface area contributed by atoms with Crippen molar-refractivity contribution in [1.29, 1.82) is 0 Å². The van der Waals surface area contributed by atoms with Crippen molar-refractivity contribution < 1.29 is 9.90 Å². The Morgan fingerprint density at radius 2 is 1.87 bits per heavy atom. The maximum absolute atomic E-state index is 10.8. The highest BCUT2D eigenvalue weighted by molar-refractivity contribution is 5.89. The van der Waals surface area contributed by atoms with Crippen LogP contribution in [0.25, 0.3) is 11.1 Å². The van der Waals surface area contributed by atoms with E-state index in [0.29, 0.717) is 0 Å². The van der Waals surface area contributed by atoms with E-state index in [1.165, 1.54) is 6.33 Å². The Morgan fingerprint density at radius 1 is 1.13 bits per heavy atom. The van der Waals surface area contributed by atoms with Crippen LogP contribution in [0.15, 0.2) is 43.0 Å². The van der Waals surface area contributed by atoms with Crippen molar-refractivity contribution in [3.63, 3.8) is 0 Å². The largest absolute Gasteiger partial charge is 0.478 e. The fourth-order valence-electron chi connectivity index (χ4n) is 1.28. The third-order valence-electron chi connectivity index (χ3n) is 2.00. The van der Waals surface area contributed by atoms with Gasteiger partial charge in [0, 0.05) is 18.0 Å². The van der Waals surface area contributed by atoms with Crippen molar-refractivity contribution in [3.8, 4) is 11.1 Å². The summed E-state index contributed by atoms with van der Waals surface area (Å²) in [5, 5.41) is 8.82. The van der Waals surface area contributed by atoms with E-state index in [0.717, 1.165) is 11.1 Å². The molecule has 1 heterocycles. The average Bonchev–Trinajstić information content (AvgIpc) is 2.30. The van der Waals surface area contributed by atoms with Gasteiger partial charge in [-0.25, -0.2) is 14.8 Å². The van der Waals surface area contributed by atoms with Crippen LogP contribution in [0.4, 0.5) is 0 Å². The van der Waals surface area contributed by atoms with Crippen molar-refractivity contribution >= 4 is 5.97 Å². The van der Waals surface area contributed by atoms with Gasteiger partial charge in [-0.1, -0.05) is 12.1 Å². The molecule has 0 amide bonds. The van der Waals surface area contributed by atoms with E-state index in [4.69, 9.17) is 5.11 Å². The van der Waals surface area contributed by atoms with E-state index >= 15 is 0 Å². The molecule has 0 spiro atoms. The molecule has 0 unspecified atom stereocenters. The van der Waals surface area contributed by atoms with Gasteiger partial charge in [0.15, 0.2) is 0 Å². The SMILES string of the molecule is O=C(O)c1cccc(-c2cncnc2)c1. The minimum absolute atomic E-state index is 0.261. The minimum Gasteiger partial charge on any atom is -0.478 e. The Bertz CT molecular complexity index is 483. The number of carboxylic acids is 1. The molecule has 15 heavy (non-hydrogen) atoms. The maximum atomic E-state index is 10.8. The zero-order chi connectivity index (χ0) is 10.7. The number of benzene rings is 1. The first kappa shape index (κ1) is 9.33. The smallest absolute Gasteiger partial charge is 0.335 e. The van der Waals surface area contributed by atoms with E-state index in [1.54, 1.807) is 30.6 Å². The van der Waals surface area contributed by atoms with Crippen LogP contribution in [0, 0.1) is 0 Å². The van der Waals surface area contributed by atoms with Crippen LogP contribution in [0.5, 0.6) is 0 Å². The van der Waals surface area contributed by atoms with E-state index in [1.807, 2.05) is 6.07 Å². The summed E-state index contributed by atoms with van der Waals surface area (Å²) in [5.74, 6) is -0.936. The van der Waals surface area contributed by atoms with Gasteiger partial charge in [-0.05, 0) is 17.7 Å². The first-order chi connectivity index (χ1) is 7.27. The van der Waals surface area contributed by atoms with E-state index in [2.05, 4.69) is 9.97 Å². The van der Waals surface area contributed by atoms with Crippen molar-refractivity contribution in [1.82, 2.24) is 9.97 Å². The normalized spacial score (nSPS) is 9.87. The maximum Gasteiger partial charge on any atom is 0.335 e. The van der Waals surface area contributed by atoms with Crippen LogP contribution in [0.3, 0.4) is 0 Å². The number of aromatic carboxylic acids is 1. The van der Waals surface area contributed by atoms with Crippen molar-refractivity contribution in [2.24, 2.45) is 0 Å². The Hall–Kier alpha value is -2.23. The molecule has 1 aromatic heterocycles. The summed E-state index contributed by atoms with van der Waals surface area (Å²) >= 11 is 0. The van der Waals surface area contributed by atoms with Crippen LogP contribution >= 0.6 is 0 Å². The number of hydrogen-bond acceptors (Lipinski definition) is 3. The van der Waals surface area contributed by atoms with E-state index < -0.39 is 5.97 Å². The predicted octanol–water partition coefficient (Wildman–Crippen LogP) is 1.84. The highest BCUT2D eigenvalue weighted by Gasteiger charge is 2.04. The monoisotopic (exact) mass is 200 g/mol. The van der Waals surface area contributed by atoms with Crippen LogP contribution in [-0.4, -0.2) is 21.0 Å². The molecule has 1 aromatic carbocycles. The summed E-state index contributed by atoms with van der Waals surface area (Å²) in [5.41, 5.74) is 1.87. The molecule has 2 aromatic rings. The zero-order valence-electron chi connectivity index (χ0n) is 7.79. The van der Waals surface area contributed by atoms with Crippen LogP contribution in [-0.2, 0) is 0 Å². The molecule has 2 rings (SSSR count).